The van der Waals surface area contributed by atoms with Gasteiger partial charge in [0.05, 0.1) is 27.7 Å². The fraction of sp³-hybridized carbons (Fsp3) is 0.600. The van der Waals surface area contributed by atoms with Crippen molar-refractivity contribution in [2.24, 2.45) is 0 Å². The highest BCUT2D eigenvalue weighted by Crippen LogP contribution is 2.43. The summed E-state index contributed by atoms with van der Waals surface area (Å²) in [6.45, 7) is 4.13. The highest BCUT2D eigenvalue weighted by molar-refractivity contribution is 7.47. The molecule has 0 spiro atoms. The van der Waals surface area contributed by atoms with E-state index in [9.17, 15) is 19.0 Å². The standard InChI is InChI=1S/C50H82NO8P/c1-6-8-10-12-14-16-18-20-22-24-25-27-28-30-32-34-36-38-40-42-49(52)56-46-48(47-58-60(54,55)57-45-44-51(3,4)5)59-50(53)43-41-39-37-35-33-31-29-26-23-21-19-17-15-13-11-9-7-2/h8,10,14,16,20-23,25,27,29-32,35-38,48H,6-7,9,11-13,15,17-19,24,26,28,33-34,39-47H2,1-5H3/p+1/b10-8+,16-14+,22-20+,23-21+,27-25+,31-29+,32-30+,37-35+,38-36+/t48-/m1/s1. The molecule has 0 rings (SSSR count). The molecule has 0 aromatic carbocycles. The molecule has 340 valence electrons. The van der Waals surface area contributed by atoms with Crippen molar-refractivity contribution in [2.75, 3.05) is 47.5 Å². The predicted octanol–water partition coefficient (Wildman–Crippen LogP) is 13.1. The molecule has 0 aliphatic carbocycles. The maximum atomic E-state index is 12.7. The molecule has 0 saturated carbocycles. The summed E-state index contributed by atoms with van der Waals surface area (Å²) in [6, 6.07) is 0. The highest BCUT2D eigenvalue weighted by atomic mass is 31.2. The van der Waals surface area contributed by atoms with Crippen LogP contribution in [-0.2, 0) is 32.7 Å². The summed E-state index contributed by atoms with van der Waals surface area (Å²) in [5.74, 6) is -0.970. The van der Waals surface area contributed by atoms with Gasteiger partial charge >= 0.3 is 19.8 Å². The number of hydrogen-bond donors (Lipinski definition) is 1. The molecule has 0 saturated heterocycles. The molecule has 1 N–H and O–H groups in total. The van der Waals surface area contributed by atoms with E-state index in [-0.39, 0.29) is 26.1 Å². The summed E-state index contributed by atoms with van der Waals surface area (Å²) < 4.78 is 34.2. The van der Waals surface area contributed by atoms with Gasteiger partial charge in [0, 0.05) is 12.8 Å². The molecule has 0 amide bonds. The summed E-state index contributed by atoms with van der Waals surface area (Å²) in [4.78, 5) is 35.3. The maximum absolute atomic E-state index is 12.7. The van der Waals surface area contributed by atoms with E-state index in [1.165, 1.54) is 38.5 Å². The smallest absolute Gasteiger partial charge is 0.462 e. The Labute approximate surface area is 366 Å². The Morgan fingerprint density at radius 3 is 1.48 bits per heavy atom. The minimum atomic E-state index is -4.41. The Bertz CT molecular complexity index is 1380. The monoisotopic (exact) mass is 857 g/mol. The number of phosphoric acid groups is 1. The second kappa shape index (κ2) is 41.0. The third-order valence-electron chi connectivity index (χ3n) is 8.80. The summed E-state index contributed by atoms with van der Waals surface area (Å²) in [5, 5.41) is 0. The third-order valence-corrected chi connectivity index (χ3v) is 9.78. The Morgan fingerprint density at radius 2 is 0.983 bits per heavy atom. The number of likely N-dealkylation sites (N-methyl/N-ethyl adjacent to an activating group) is 1. The third kappa shape index (κ3) is 44.2. The zero-order chi connectivity index (χ0) is 44.3. The summed E-state index contributed by atoms with van der Waals surface area (Å²) in [6.07, 6.45) is 55.9. The van der Waals surface area contributed by atoms with Gasteiger partial charge in [-0.15, -0.1) is 0 Å². The van der Waals surface area contributed by atoms with Gasteiger partial charge in [-0.3, -0.25) is 18.6 Å². The summed E-state index contributed by atoms with van der Waals surface area (Å²) in [7, 11) is 1.39. The van der Waals surface area contributed by atoms with E-state index in [2.05, 4.69) is 105 Å². The van der Waals surface area contributed by atoms with Gasteiger partial charge in [0.15, 0.2) is 6.10 Å². The van der Waals surface area contributed by atoms with Gasteiger partial charge in [-0.25, -0.2) is 4.57 Å². The first-order valence-corrected chi connectivity index (χ1v) is 24.1. The SMILES string of the molecule is CC/C=C/C/C=C/C/C=C/C/C=C/C/C=C/C/C=C/CCC(=O)OC[C@H](COP(=O)(O)OCC[N+](C)(C)C)OC(=O)CCC/C=C/C/C=C/C/C=C/CCCCCCCC. The number of hydrogen-bond acceptors (Lipinski definition) is 7. The first kappa shape index (κ1) is 56.7. The molecule has 0 bridgehead atoms. The molecular weight excluding hydrogens is 774 g/mol. The normalized spacial score (nSPS) is 14.6. The van der Waals surface area contributed by atoms with Crippen molar-refractivity contribution >= 4 is 19.8 Å². The molecule has 60 heavy (non-hydrogen) atoms. The number of nitrogens with zero attached hydrogens (tertiary/aromatic N) is 1. The zero-order valence-electron chi connectivity index (χ0n) is 38.1. The number of rotatable bonds is 39. The molecule has 9 nitrogen and oxygen atoms in total. The molecule has 0 aromatic rings. The summed E-state index contributed by atoms with van der Waals surface area (Å²) in [5.41, 5.74) is 0. The second-order valence-electron chi connectivity index (χ2n) is 15.7. The largest absolute Gasteiger partial charge is 0.472 e. The minimum absolute atomic E-state index is 0.00494. The van der Waals surface area contributed by atoms with Crippen LogP contribution in [0.3, 0.4) is 0 Å². The van der Waals surface area contributed by atoms with E-state index >= 15 is 0 Å². The van der Waals surface area contributed by atoms with E-state index in [1.807, 2.05) is 39.4 Å². The van der Waals surface area contributed by atoms with E-state index < -0.39 is 32.5 Å². The number of allylic oxidation sites excluding steroid dienone is 18. The van der Waals surface area contributed by atoms with Crippen LogP contribution in [0.15, 0.2) is 109 Å². The van der Waals surface area contributed by atoms with Crippen LogP contribution >= 0.6 is 7.82 Å². The van der Waals surface area contributed by atoms with Gasteiger partial charge in [-0.05, 0) is 83.5 Å². The Kier molecular flexibility index (Phi) is 38.8. The fourth-order valence-corrected chi connectivity index (χ4v) is 6.03. The first-order chi connectivity index (χ1) is 29.0. The average molecular weight is 857 g/mol. The molecule has 0 aliphatic heterocycles. The lowest BCUT2D eigenvalue weighted by molar-refractivity contribution is -0.870. The van der Waals surface area contributed by atoms with Crippen molar-refractivity contribution < 1.29 is 42.1 Å². The van der Waals surface area contributed by atoms with E-state index in [0.29, 0.717) is 30.3 Å². The van der Waals surface area contributed by atoms with Crippen molar-refractivity contribution in [3.63, 3.8) is 0 Å². The lowest BCUT2D eigenvalue weighted by atomic mass is 10.1. The van der Waals surface area contributed by atoms with Gasteiger partial charge in [-0.2, -0.15) is 0 Å². The predicted molar refractivity (Wildman–Crippen MR) is 251 cm³/mol. The van der Waals surface area contributed by atoms with Crippen molar-refractivity contribution in [2.45, 2.75) is 148 Å². The van der Waals surface area contributed by atoms with Gasteiger partial charge in [0.1, 0.15) is 19.8 Å². The lowest BCUT2D eigenvalue weighted by Crippen LogP contribution is -2.37. The average Bonchev–Trinajstić information content (AvgIpc) is 3.20. The number of carbonyl (C=O) groups is 2. The highest BCUT2D eigenvalue weighted by Gasteiger charge is 2.27. The van der Waals surface area contributed by atoms with Gasteiger partial charge in [-0.1, -0.05) is 155 Å². The zero-order valence-corrected chi connectivity index (χ0v) is 39.0. The number of carbonyl (C=O) groups excluding carboxylic acids is 2. The van der Waals surface area contributed by atoms with Crippen molar-refractivity contribution in [1.29, 1.82) is 0 Å². The van der Waals surface area contributed by atoms with E-state index in [1.54, 1.807) is 0 Å². The fourth-order valence-electron chi connectivity index (χ4n) is 5.29. The Hall–Kier alpha value is -3.33. The number of quaternary nitrogens is 1. The topological polar surface area (TPSA) is 108 Å². The molecule has 0 radical (unpaired) electrons. The van der Waals surface area contributed by atoms with Crippen LogP contribution in [-0.4, -0.2) is 74.9 Å². The maximum Gasteiger partial charge on any atom is 0.472 e. The molecular formula is C50H83NO8P+. The van der Waals surface area contributed by atoms with Crippen LogP contribution in [0.5, 0.6) is 0 Å². The Balaban J connectivity index is 4.58. The van der Waals surface area contributed by atoms with Crippen LogP contribution in [0.4, 0.5) is 0 Å². The van der Waals surface area contributed by atoms with Crippen LogP contribution in [0.1, 0.15) is 142 Å². The lowest BCUT2D eigenvalue weighted by Gasteiger charge is -2.24. The Morgan fingerprint density at radius 1 is 0.533 bits per heavy atom. The minimum Gasteiger partial charge on any atom is -0.462 e. The van der Waals surface area contributed by atoms with Crippen molar-refractivity contribution in [3.8, 4) is 0 Å². The number of phosphoric ester groups is 1. The van der Waals surface area contributed by atoms with E-state index in [0.717, 1.165) is 57.8 Å². The van der Waals surface area contributed by atoms with Gasteiger partial charge in [0.2, 0.25) is 0 Å². The van der Waals surface area contributed by atoms with Crippen LogP contribution in [0, 0.1) is 0 Å². The molecule has 0 heterocycles. The van der Waals surface area contributed by atoms with Crippen LogP contribution in [0.2, 0.25) is 0 Å². The molecule has 0 aromatic heterocycles. The first-order valence-electron chi connectivity index (χ1n) is 22.6. The van der Waals surface area contributed by atoms with E-state index in [4.69, 9.17) is 18.5 Å². The van der Waals surface area contributed by atoms with Gasteiger partial charge < -0.3 is 18.9 Å². The molecule has 0 fully saturated rings. The van der Waals surface area contributed by atoms with Crippen molar-refractivity contribution in [3.05, 3.63) is 109 Å². The molecule has 0 aliphatic rings. The number of unbranched alkanes of at least 4 members (excludes halogenated alkanes) is 7. The molecule has 10 heteroatoms. The molecule has 1 unspecified atom stereocenters. The quantitative estimate of drug-likeness (QED) is 0.0214. The van der Waals surface area contributed by atoms with Crippen LogP contribution < -0.4 is 0 Å². The van der Waals surface area contributed by atoms with Crippen LogP contribution in [0.25, 0.3) is 0 Å². The van der Waals surface area contributed by atoms with Gasteiger partial charge in [0.25, 0.3) is 0 Å². The number of ether oxygens (including phenoxy) is 2. The molecule has 2 atom stereocenters. The van der Waals surface area contributed by atoms with Crippen molar-refractivity contribution in [1.82, 2.24) is 0 Å². The second-order valence-corrected chi connectivity index (χ2v) is 17.1. The number of esters is 2. The summed E-state index contributed by atoms with van der Waals surface area (Å²) >= 11 is 0.